The fourth-order valence-corrected chi connectivity index (χ4v) is 9.21. The molecule has 0 N–H and O–H groups in total. The van der Waals surface area contributed by atoms with Gasteiger partial charge in [-0.2, -0.15) is 18.2 Å². The molecular formula is C57H40N6OPt-2. The molecule has 7 aromatic carbocycles. The second kappa shape index (κ2) is 15.9. The predicted molar refractivity (Wildman–Crippen MR) is 256 cm³/mol. The molecule has 0 spiro atoms. The van der Waals surface area contributed by atoms with Gasteiger partial charge in [-0.1, -0.05) is 123 Å². The van der Waals surface area contributed by atoms with Crippen LogP contribution in [0.25, 0.3) is 88.7 Å². The number of rotatable bonds is 7. The van der Waals surface area contributed by atoms with Crippen LogP contribution in [0.2, 0.25) is 0 Å². The first kappa shape index (κ1) is 40.2. The van der Waals surface area contributed by atoms with Crippen LogP contribution in [0.4, 0.5) is 0 Å². The third-order valence-corrected chi connectivity index (χ3v) is 12.2. The summed E-state index contributed by atoms with van der Waals surface area (Å²) in [6, 6.07) is 66.2. The molecule has 8 heteroatoms. The molecule has 0 aliphatic carbocycles. The van der Waals surface area contributed by atoms with Crippen molar-refractivity contribution in [2.75, 3.05) is 0 Å². The van der Waals surface area contributed by atoms with Crippen molar-refractivity contribution in [3.63, 3.8) is 0 Å². The maximum Gasteiger partial charge on any atom is 0.268 e. The molecule has 12 aromatic rings. The molecule has 0 saturated heterocycles. The van der Waals surface area contributed by atoms with E-state index in [1.807, 2.05) is 48.9 Å². The minimum absolute atomic E-state index is 0. The van der Waals surface area contributed by atoms with Gasteiger partial charge in [0, 0.05) is 67.4 Å². The summed E-state index contributed by atoms with van der Waals surface area (Å²) in [5, 5.41) is 4.60. The number of imidazole rings is 1. The normalized spacial score (nSPS) is 11.8. The van der Waals surface area contributed by atoms with E-state index in [1.54, 1.807) is 0 Å². The zero-order chi connectivity index (χ0) is 42.9. The molecular weight excluding hydrogens is 980 g/mol. The van der Waals surface area contributed by atoms with Crippen molar-refractivity contribution in [1.29, 1.82) is 0 Å². The van der Waals surface area contributed by atoms with Gasteiger partial charge in [0.05, 0.1) is 33.4 Å². The van der Waals surface area contributed by atoms with Crippen LogP contribution < -0.4 is 9.30 Å². The van der Waals surface area contributed by atoms with Gasteiger partial charge in [0.15, 0.2) is 0 Å². The topological polar surface area (TPSA) is 53.7 Å². The zero-order valence-electron chi connectivity index (χ0n) is 35.8. The summed E-state index contributed by atoms with van der Waals surface area (Å²) in [7, 11) is 0. The van der Waals surface area contributed by atoms with E-state index in [2.05, 4.69) is 202 Å². The van der Waals surface area contributed by atoms with Crippen molar-refractivity contribution in [3.05, 3.63) is 212 Å². The third kappa shape index (κ3) is 6.74. The number of pyridine rings is 2. The van der Waals surface area contributed by atoms with Crippen molar-refractivity contribution in [2.24, 2.45) is 0 Å². The number of aromatic nitrogens is 6. The van der Waals surface area contributed by atoms with Crippen LogP contribution in [0.5, 0.6) is 11.5 Å². The van der Waals surface area contributed by atoms with Gasteiger partial charge in [0.1, 0.15) is 5.82 Å². The van der Waals surface area contributed by atoms with E-state index in [0.717, 1.165) is 77.9 Å². The Labute approximate surface area is 390 Å². The number of nitrogens with zero attached hydrogens (tertiary/aromatic N) is 6. The van der Waals surface area contributed by atoms with Gasteiger partial charge in [-0.05, 0) is 75.6 Å². The Hall–Kier alpha value is -7.60. The Bertz CT molecular complexity index is 3710. The number of benzene rings is 7. The standard InChI is InChI=1S/C57H40N6O.Pt/c1-57(2,3)39-30-32-59-55(33-39)63-50-24-9-6-20-46(50)47-29-28-42(35-54(47)63)64-41-17-12-16-40(34-41)60-37-61(52-26-11-10-25-51(52)60)56-43(38-15-14-31-58-36-38)21-13-27-53(56)62-48-22-7-4-18-44(48)45-19-5-8-23-49(45)62;/h4-33,36H,1-3H3;/q-2;. The van der Waals surface area contributed by atoms with Gasteiger partial charge in [0.2, 0.25) is 0 Å². The summed E-state index contributed by atoms with van der Waals surface area (Å²) in [4.78, 5) is 9.41. The summed E-state index contributed by atoms with van der Waals surface area (Å²) >= 11 is 0. The van der Waals surface area contributed by atoms with Crippen molar-refractivity contribution >= 4 is 54.6 Å². The molecule has 0 aliphatic heterocycles. The van der Waals surface area contributed by atoms with Crippen molar-refractivity contribution in [3.8, 4) is 45.5 Å². The quantitative estimate of drug-likeness (QED) is 0.118. The second-order valence-corrected chi connectivity index (χ2v) is 17.1. The molecule has 7 nitrogen and oxygen atoms in total. The number of fused-ring (bicyclic) bond motifs is 7. The van der Waals surface area contributed by atoms with E-state index in [1.165, 1.54) is 16.3 Å². The molecule has 316 valence electrons. The van der Waals surface area contributed by atoms with Gasteiger partial charge in [0.25, 0.3) is 6.33 Å². The van der Waals surface area contributed by atoms with Crippen LogP contribution in [-0.4, -0.2) is 23.7 Å². The van der Waals surface area contributed by atoms with Crippen LogP contribution in [0.3, 0.4) is 0 Å². The maximum atomic E-state index is 6.65. The van der Waals surface area contributed by atoms with Gasteiger partial charge < -0.3 is 18.4 Å². The summed E-state index contributed by atoms with van der Waals surface area (Å²) in [5.41, 5.74) is 12.1. The van der Waals surface area contributed by atoms with Gasteiger partial charge >= 0.3 is 0 Å². The fourth-order valence-electron chi connectivity index (χ4n) is 9.21. The number of para-hydroxylation sites is 6. The first-order chi connectivity index (χ1) is 31.4. The van der Waals surface area contributed by atoms with Crippen LogP contribution in [0.15, 0.2) is 188 Å². The molecule has 0 unspecified atom stereocenters. The van der Waals surface area contributed by atoms with Crippen LogP contribution in [0, 0.1) is 18.5 Å². The minimum Gasteiger partial charge on any atom is -0.510 e. The Balaban J connectivity index is 0.00000469. The fraction of sp³-hybridized carbons (Fsp3) is 0.0702. The largest absolute Gasteiger partial charge is 0.510 e. The first-order valence-corrected chi connectivity index (χ1v) is 21.5. The Morgan fingerprint density at radius 2 is 1.23 bits per heavy atom. The molecule has 12 rings (SSSR count). The van der Waals surface area contributed by atoms with Crippen LogP contribution >= 0.6 is 0 Å². The molecule has 0 fully saturated rings. The maximum absolute atomic E-state index is 6.65. The van der Waals surface area contributed by atoms with Gasteiger partial charge in [-0.3, -0.25) is 9.55 Å². The van der Waals surface area contributed by atoms with Crippen molar-refractivity contribution < 1.29 is 30.4 Å². The molecule has 0 amide bonds. The SMILES string of the molecule is CC(C)(C)c1ccnc(-n2c3[c-]c(Oc4[c-]c(-[n+]5[c-]n(-c6c(-c7cccnc7)cccc6-n6c7ccccc7c7ccccc76)c6ccccc65)ccc4)ccc3c3ccccc32)c1.[Pt]. The molecule has 5 heterocycles. The third-order valence-electron chi connectivity index (χ3n) is 12.2. The molecule has 0 bridgehead atoms. The number of ether oxygens (including phenoxy) is 1. The zero-order valence-corrected chi connectivity index (χ0v) is 38.1. The van der Waals surface area contributed by atoms with E-state index >= 15 is 0 Å². The Morgan fingerprint density at radius 3 is 1.95 bits per heavy atom. The van der Waals surface area contributed by atoms with Crippen molar-refractivity contribution in [1.82, 2.24) is 23.7 Å². The van der Waals surface area contributed by atoms with E-state index in [0.29, 0.717) is 11.5 Å². The monoisotopic (exact) mass is 1020 g/mol. The molecule has 0 saturated carbocycles. The summed E-state index contributed by atoms with van der Waals surface area (Å²) in [5.74, 6) is 1.98. The van der Waals surface area contributed by atoms with Crippen molar-refractivity contribution in [2.45, 2.75) is 26.2 Å². The molecule has 0 aliphatic rings. The van der Waals surface area contributed by atoms with E-state index in [-0.39, 0.29) is 26.5 Å². The number of hydrogen-bond acceptors (Lipinski definition) is 3. The average molecular weight is 1020 g/mol. The first-order valence-electron chi connectivity index (χ1n) is 21.5. The smallest absolute Gasteiger partial charge is 0.268 e. The van der Waals surface area contributed by atoms with Crippen LogP contribution in [0.1, 0.15) is 26.3 Å². The molecule has 65 heavy (non-hydrogen) atoms. The predicted octanol–water partition coefficient (Wildman–Crippen LogP) is 13.0. The Kier molecular flexibility index (Phi) is 9.82. The van der Waals surface area contributed by atoms with E-state index < -0.39 is 0 Å². The summed E-state index contributed by atoms with van der Waals surface area (Å²) < 4.78 is 15.5. The summed E-state index contributed by atoms with van der Waals surface area (Å²) in [6.45, 7) is 6.67. The van der Waals surface area contributed by atoms with E-state index in [4.69, 9.17) is 9.72 Å². The Morgan fingerprint density at radius 1 is 0.569 bits per heavy atom. The molecule has 5 aromatic heterocycles. The van der Waals surface area contributed by atoms with E-state index in [9.17, 15) is 0 Å². The van der Waals surface area contributed by atoms with Gasteiger partial charge in [-0.25, -0.2) is 4.98 Å². The summed E-state index contributed by atoms with van der Waals surface area (Å²) in [6.07, 6.45) is 9.43. The molecule has 0 radical (unpaired) electrons. The number of hydrogen-bond donors (Lipinski definition) is 0. The van der Waals surface area contributed by atoms with Gasteiger partial charge in [-0.15, -0.1) is 29.7 Å². The average Bonchev–Trinajstić information content (AvgIpc) is 3.99. The minimum atomic E-state index is -0.0333. The van der Waals surface area contributed by atoms with Crippen LogP contribution in [-0.2, 0) is 26.5 Å². The second-order valence-electron chi connectivity index (χ2n) is 17.1. The molecule has 0 atom stereocenters.